The Hall–Kier alpha value is -1.58. The van der Waals surface area contributed by atoms with Gasteiger partial charge in [-0.1, -0.05) is 43.1 Å². The summed E-state index contributed by atoms with van der Waals surface area (Å²) >= 11 is 12.7. The standard InChI is InChI=1S/C20H21Cl2N3/c1-3-13(11-5-6-11)15-10-23-20-19(24-17(4-2)25-20)18(15)14-8-7-12(21)9-16(14)22/h7-11,13H,3-6H2,1-2H3,(H,23,24,25)/p+1. The molecule has 0 radical (unpaired) electrons. The van der Waals surface area contributed by atoms with Gasteiger partial charge in [-0.2, -0.15) is 0 Å². The molecule has 3 aromatic rings. The summed E-state index contributed by atoms with van der Waals surface area (Å²) in [7, 11) is 0. The molecule has 4 rings (SSSR count). The number of H-pyrrole nitrogens is 2. The Labute approximate surface area is 157 Å². The number of pyridine rings is 1. The number of aromatic nitrogens is 3. The van der Waals surface area contributed by atoms with E-state index >= 15 is 0 Å². The molecule has 0 aliphatic heterocycles. The Kier molecular flexibility index (Phi) is 4.47. The quantitative estimate of drug-likeness (QED) is 0.600. The largest absolute Gasteiger partial charge is 0.347 e. The van der Waals surface area contributed by atoms with Gasteiger partial charge in [0.2, 0.25) is 5.82 Å². The van der Waals surface area contributed by atoms with Crippen molar-refractivity contribution in [3.8, 4) is 11.1 Å². The van der Waals surface area contributed by atoms with Crippen molar-refractivity contribution in [1.82, 2.24) is 9.97 Å². The predicted octanol–water partition coefficient (Wildman–Crippen LogP) is 5.82. The second-order valence-electron chi connectivity index (χ2n) is 6.86. The highest BCUT2D eigenvalue weighted by molar-refractivity contribution is 6.36. The van der Waals surface area contributed by atoms with Gasteiger partial charge in [-0.05, 0) is 48.2 Å². The van der Waals surface area contributed by atoms with Crippen LogP contribution >= 0.6 is 23.2 Å². The summed E-state index contributed by atoms with van der Waals surface area (Å²) in [5.41, 5.74) is 5.44. The second kappa shape index (κ2) is 6.62. The van der Waals surface area contributed by atoms with E-state index in [9.17, 15) is 0 Å². The minimum Gasteiger partial charge on any atom is -0.315 e. The van der Waals surface area contributed by atoms with E-state index in [2.05, 4.69) is 35.0 Å². The number of aryl methyl sites for hydroxylation is 1. The first kappa shape index (κ1) is 16.9. The molecule has 25 heavy (non-hydrogen) atoms. The lowest BCUT2D eigenvalue weighted by molar-refractivity contribution is -0.348. The molecule has 2 N–H and O–H groups in total. The van der Waals surface area contributed by atoms with E-state index in [0.29, 0.717) is 16.0 Å². The molecule has 1 aromatic carbocycles. The number of rotatable bonds is 5. The Morgan fingerprint density at radius 3 is 2.72 bits per heavy atom. The number of aromatic amines is 2. The van der Waals surface area contributed by atoms with Gasteiger partial charge >= 0.3 is 5.65 Å². The van der Waals surface area contributed by atoms with Crippen LogP contribution in [0.25, 0.3) is 22.3 Å². The molecule has 2 aromatic heterocycles. The summed E-state index contributed by atoms with van der Waals surface area (Å²) < 4.78 is 0. The summed E-state index contributed by atoms with van der Waals surface area (Å²) in [4.78, 5) is 11.6. The van der Waals surface area contributed by atoms with Crippen molar-refractivity contribution < 1.29 is 4.98 Å². The zero-order chi connectivity index (χ0) is 17.6. The minimum absolute atomic E-state index is 0.538. The fraction of sp³-hybridized carbons (Fsp3) is 0.400. The Morgan fingerprint density at radius 2 is 2.08 bits per heavy atom. The van der Waals surface area contributed by atoms with Gasteiger partial charge in [0, 0.05) is 33.2 Å². The van der Waals surface area contributed by atoms with Crippen molar-refractivity contribution in [2.45, 2.75) is 45.4 Å². The van der Waals surface area contributed by atoms with E-state index in [1.165, 1.54) is 24.0 Å². The van der Waals surface area contributed by atoms with Crippen molar-refractivity contribution in [3.63, 3.8) is 0 Å². The first-order valence-electron chi connectivity index (χ1n) is 9.01. The van der Waals surface area contributed by atoms with Crippen LogP contribution in [0.2, 0.25) is 10.0 Å². The fourth-order valence-electron chi connectivity index (χ4n) is 3.82. The summed E-state index contributed by atoms with van der Waals surface area (Å²) in [5, 5.41) is 1.33. The first-order chi connectivity index (χ1) is 12.1. The van der Waals surface area contributed by atoms with Crippen LogP contribution in [0.4, 0.5) is 0 Å². The van der Waals surface area contributed by atoms with Crippen LogP contribution < -0.4 is 4.98 Å². The van der Waals surface area contributed by atoms with Crippen molar-refractivity contribution in [3.05, 3.63) is 45.8 Å². The maximum atomic E-state index is 6.59. The molecule has 1 unspecified atom stereocenters. The van der Waals surface area contributed by atoms with Crippen LogP contribution in [-0.2, 0) is 6.42 Å². The van der Waals surface area contributed by atoms with Gasteiger partial charge in [0.1, 0.15) is 5.52 Å². The van der Waals surface area contributed by atoms with Crippen LogP contribution in [0, 0.1) is 5.92 Å². The molecule has 3 nitrogen and oxygen atoms in total. The Morgan fingerprint density at radius 1 is 1.28 bits per heavy atom. The molecule has 130 valence electrons. The monoisotopic (exact) mass is 374 g/mol. The third kappa shape index (κ3) is 3.04. The van der Waals surface area contributed by atoms with Crippen molar-refractivity contribution in [1.29, 1.82) is 0 Å². The second-order valence-corrected chi connectivity index (χ2v) is 7.70. The van der Waals surface area contributed by atoms with Crippen LogP contribution in [-0.4, -0.2) is 9.97 Å². The SMILES string of the molecule is CCc1nc2[nH+]cc(C(CC)C3CC3)c(-c3ccc(Cl)cc3Cl)c2[nH]1. The number of nitrogens with zero attached hydrogens (tertiary/aromatic N) is 1. The Bertz CT molecular complexity index is 928. The minimum atomic E-state index is 0.538. The lowest BCUT2D eigenvalue weighted by Gasteiger charge is -2.18. The first-order valence-corrected chi connectivity index (χ1v) is 9.76. The molecule has 0 amide bonds. The van der Waals surface area contributed by atoms with Gasteiger partial charge in [0.05, 0.1) is 6.20 Å². The van der Waals surface area contributed by atoms with E-state index in [1.54, 1.807) is 0 Å². The molecule has 1 saturated carbocycles. The predicted molar refractivity (Wildman–Crippen MR) is 103 cm³/mol. The molecule has 1 aliphatic rings. The normalized spacial score (nSPS) is 15.7. The highest BCUT2D eigenvalue weighted by atomic mass is 35.5. The molecule has 1 fully saturated rings. The van der Waals surface area contributed by atoms with Crippen molar-refractivity contribution in [2.24, 2.45) is 5.92 Å². The summed E-state index contributed by atoms with van der Waals surface area (Å²) in [6.07, 6.45) is 6.75. The Balaban J connectivity index is 2.01. The molecule has 0 spiro atoms. The van der Waals surface area contributed by atoms with E-state index in [4.69, 9.17) is 23.2 Å². The van der Waals surface area contributed by atoms with Crippen molar-refractivity contribution in [2.75, 3.05) is 0 Å². The number of benzene rings is 1. The van der Waals surface area contributed by atoms with E-state index in [1.807, 2.05) is 18.2 Å². The zero-order valence-electron chi connectivity index (χ0n) is 14.5. The van der Waals surface area contributed by atoms with Crippen LogP contribution in [0.3, 0.4) is 0 Å². The lowest BCUT2D eigenvalue weighted by Crippen LogP contribution is -2.12. The van der Waals surface area contributed by atoms with Gasteiger partial charge in [0.25, 0.3) is 0 Å². The summed E-state index contributed by atoms with van der Waals surface area (Å²) in [6, 6.07) is 5.75. The van der Waals surface area contributed by atoms with Gasteiger partial charge in [0.15, 0.2) is 0 Å². The van der Waals surface area contributed by atoms with Gasteiger partial charge in [-0.15, -0.1) is 0 Å². The number of fused-ring (bicyclic) bond motifs is 1. The maximum absolute atomic E-state index is 6.59. The van der Waals surface area contributed by atoms with Gasteiger partial charge < -0.3 is 4.98 Å². The highest BCUT2D eigenvalue weighted by Gasteiger charge is 2.34. The van der Waals surface area contributed by atoms with Crippen molar-refractivity contribution >= 4 is 34.4 Å². The zero-order valence-corrected chi connectivity index (χ0v) is 16.0. The number of hydrogen-bond donors (Lipinski definition) is 1. The van der Waals surface area contributed by atoms with E-state index in [-0.39, 0.29) is 0 Å². The number of halogens is 2. The van der Waals surface area contributed by atoms with Gasteiger partial charge in [-0.3, -0.25) is 0 Å². The van der Waals surface area contributed by atoms with Crippen LogP contribution in [0.1, 0.15) is 50.4 Å². The molecular formula is C20H22Cl2N3+. The number of imidazole rings is 1. The topological polar surface area (TPSA) is 42.8 Å². The molecule has 5 heteroatoms. The van der Waals surface area contributed by atoms with Crippen LogP contribution in [0.15, 0.2) is 24.4 Å². The molecule has 0 saturated heterocycles. The molecule has 1 aliphatic carbocycles. The molecule has 2 heterocycles. The van der Waals surface area contributed by atoms with Crippen LogP contribution in [0.5, 0.6) is 0 Å². The third-order valence-electron chi connectivity index (χ3n) is 5.22. The highest BCUT2D eigenvalue weighted by Crippen LogP contribution is 2.48. The summed E-state index contributed by atoms with van der Waals surface area (Å²) in [5.74, 6) is 2.29. The summed E-state index contributed by atoms with van der Waals surface area (Å²) in [6.45, 7) is 4.37. The average Bonchev–Trinajstić information content (AvgIpc) is 3.34. The average molecular weight is 375 g/mol. The lowest BCUT2D eigenvalue weighted by atomic mass is 9.86. The van der Waals surface area contributed by atoms with E-state index in [0.717, 1.165) is 41.3 Å². The third-order valence-corrected chi connectivity index (χ3v) is 5.77. The number of hydrogen-bond acceptors (Lipinski definition) is 1. The van der Waals surface area contributed by atoms with E-state index < -0.39 is 0 Å². The van der Waals surface area contributed by atoms with Gasteiger partial charge in [-0.25, -0.2) is 4.98 Å². The molecule has 1 atom stereocenters. The smallest absolute Gasteiger partial charge is 0.315 e. The fourth-order valence-corrected chi connectivity index (χ4v) is 4.32. The molecular weight excluding hydrogens is 353 g/mol. The number of nitrogens with one attached hydrogen (secondary N) is 2. The molecule has 0 bridgehead atoms. The maximum Gasteiger partial charge on any atom is 0.347 e.